The van der Waals surface area contributed by atoms with Gasteiger partial charge >= 0.3 is 0 Å². The van der Waals surface area contributed by atoms with Gasteiger partial charge in [0.1, 0.15) is 0 Å². The first-order valence-corrected chi connectivity index (χ1v) is 7.93. The van der Waals surface area contributed by atoms with E-state index in [4.69, 9.17) is 17.3 Å². The second-order valence-electron chi connectivity index (χ2n) is 5.50. The van der Waals surface area contributed by atoms with Gasteiger partial charge in [-0.3, -0.25) is 10.1 Å². The molecule has 10 heteroatoms. The van der Waals surface area contributed by atoms with Gasteiger partial charge in [0, 0.05) is 24.7 Å². The molecule has 0 atom stereocenters. The molecular formula is C12H19Cl2N3O4S. The Kier molecular flexibility index (Phi) is 7.24. The molecule has 0 amide bonds. The van der Waals surface area contributed by atoms with Gasteiger partial charge in [0.15, 0.2) is 4.90 Å². The van der Waals surface area contributed by atoms with E-state index in [9.17, 15) is 18.5 Å². The molecule has 1 aromatic carbocycles. The van der Waals surface area contributed by atoms with Crippen LogP contribution in [-0.2, 0) is 10.0 Å². The van der Waals surface area contributed by atoms with Crippen molar-refractivity contribution in [3.8, 4) is 0 Å². The third-order valence-corrected chi connectivity index (χ3v) is 5.08. The van der Waals surface area contributed by atoms with Crippen LogP contribution in [0, 0.1) is 15.5 Å². The maximum absolute atomic E-state index is 12.5. The zero-order chi connectivity index (χ0) is 16.4. The van der Waals surface area contributed by atoms with Gasteiger partial charge in [-0.05, 0) is 24.1 Å². The largest absolute Gasteiger partial charge is 0.330 e. The predicted molar refractivity (Wildman–Crippen MR) is 88.0 cm³/mol. The minimum atomic E-state index is -4.03. The summed E-state index contributed by atoms with van der Waals surface area (Å²) in [5.74, 6) is 0. The summed E-state index contributed by atoms with van der Waals surface area (Å²) in [5, 5.41) is 11.1. The summed E-state index contributed by atoms with van der Waals surface area (Å²) in [7, 11) is -2.67. The van der Waals surface area contributed by atoms with Crippen LogP contribution in [-0.4, -0.2) is 37.8 Å². The third kappa shape index (κ3) is 4.79. The summed E-state index contributed by atoms with van der Waals surface area (Å²) in [4.78, 5) is 9.84. The average molecular weight is 372 g/mol. The van der Waals surface area contributed by atoms with Gasteiger partial charge in [0.2, 0.25) is 10.0 Å². The second-order valence-corrected chi connectivity index (χ2v) is 7.95. The highest BCUT2D eigenvalue weighted by Crippen LogP contribution is 2.30. The molecule has 2 N–H and O–H groups in total. The zero-order valence-electron chi connectivity index (χ0n) is 12.4. The Balaban J connectivity index is 0.00000441. The van der Waals surface area contributed by atoms with Crippen LogP contribution in [0.4, 0.5) is 5.69 Å². The van der Waals surface area contributed by atoms with Crippen LogP contribution >= 0.6 is 24.0 Å². The molecule has 0 fully saturated rings. The van der Waals surface area contributed by atoms with Gasteiger partial charge in [-0.15, -0.1) is 12.4 Å². The SMILES string of the molecule is CN(CC(C)(C)CN)S(=O)(=O)c1cc(Cl)ccc1[N+](=O)[O-].Cl. The molecule has 126 valence electrons. The second kappa shape index (κ2) is 7.56. The van der Waals surface area contributed by atoms with E-state index < -0.39 is 30.9 Å². The number of sulfonamides is 1. The maximum atomic E-state index is 12.5. The minimum absolute atomic E-state index is 0. The lowest BCUT2D eigenvalue weighted by Gasteiger charge is -2.28. The standard InChI is InChI=1S/C12H18ClN3O4S.ClH/c1-12(2,7-14)8-15(3)21(19,20)11-6-9(13)4-5-10(11)16(17)18;/h4-6H,7-8,14H2,1-3H3;1H. The molecule has 0 saturated heterocycles. The highest BCUT2D eigenvalue weighted by molar-refractivity contribution is 7.89. The Morgan fingerprint density at radius 3 is 2.41 bits per heavy atom. The normalized spacial score (nSPS) is 12.1. The van der Waals surface area contributed by atoms with Crippen LogP contribution in [0.15, 0.2) is 23.1 Å². The predicted octanol–water partition coefficient (Wildman–Crippen LogP) is 2.28. The fourth-order valence-corrected chi connectivity index (χ4v) is 3.54. The molecule has 7 nitrogen and oxygen atoms in total. The molecule has 0 heterocycles. The topological polar surface area (TPSA) is 107 Å². The summed E-state index contributed by atoms with van der Waals surface area (Å²) in [6, 6.07) is 3.45. The first kappa shape index (κ1) is 21.1. The lowest BCUT2D eigenvalue weighted by Crippen LogP contribution is -2.39. The van der Waals surface area contributed by atoms with Crippen LogP contribution in [0.25, 0.3) is 0 Å². The van der Waals surface area contributed by atoms with Gasteiger partial charge in [0.25, 0.3) is 5.69 Å². The molecular weight excluding hydrogens is 353 g/mol. The molecule has 0 radical (unpaired) electrons. The Bertz CT molecular complexity index is 650. The quantitative estimate of drug-likeness (QED) is 0.609. The smallest absolute Gasteiger partial charge is 0.289 e. The minimum Gasteiger partial charge on any atom is -0.330 e. The number of nitrogens with zero attached hydrogens (tertiary/aromatic N) is 2. The number of rotatable bonds is 6. The summed E-state index contributed by atoms with van der Waals surface area (Å²) in [6.07, 6.45) is 0. The van der Waals surface area contributed by atoms with E-state index in [1.807, 2.05) is 13.8 Å². The fraction of sp³-hybridized carbons (Fsp3) is 0.500. The van der Waals surface area contributed by atoms with Crippen molar-refractivity contribution in [2.75, 3.05) is 20.1 Å². The molecule has 0 unspecified atom stereocenters. The number of halogens is 2. The number of hydrogen-bond acceptors (Lipinski definition) is 5. The molecule has 1 aromatic rings. The Morgan fingerprint density at radius 2 is 1.95 bits per heavy atom. The first-order chi connectivity index (χ1) is 9.51. The number of nitro benzene ring substituents is 1. The zero-order valence-corrected chi connectivity index (χ0v) is 14.8. The molecule has 0 saturated carbocycles. The molecule has 1 rings (SSSR count). The highest BCUT2D eigenvalue weighted by Gasteiger charge is 2.32. The molecule has 0 aliphatic rings. The lowest BCUT2D eigenvalue weighted by atomic mass is 9.94. The van der Waals surface area contributed by atoms with Gasteiger partial charge in [-0.25, -0.2) is 12.7 Å². The van der Waals surface area contributed by atoms with E-state index in [2.05, 4.69) is 0 Å². The van der Waals surface area contributed by atoms with Crippen molar-refractivity contribution < 1.29 is 13.3 Å². The van der Waals surface area contributed by atoms with Crippen molar-refractivity contribution in [1.29, 1.82) is 0 Å². The summed E-state index contributed by atoms with van der Waals surface area (Å²) >= 11 is 5.77. The van der Waals surface area contributed by atoms with Crippen molar-refractivity contribution in [3.05, 3.63) is 33.3 Å². The van der Waals surface area contributed by atoms with Crippen LogP contribution < -0.4 is 5.73 Å². The summed E-state index contributed by atoms with van der Waals surface area (Å²) in [5.41, 5.74) is 4.64. The number of hydrogen-bond donors (Lipinski definition) is 1. The number of benzene rings is 1. The molecule has 0 aromatic heterocycles. The van der Waals surface area contributed by atoms with Crippen molar-refractivity contribution in [2.24, 2.45) is 11.1 Å². The van der Waals surface area contributed by atoms with Crippen LogP contribution in [0.2, 0.25) is 5.02 Å². The van der Waals surface area contributed by atoms with Gasteiger partial charge in [-0.1, -0.05) is 25.4 Å². The van der Waals surface area contributed by atoms with E-state index in [1.165, 1.54) is 13.1 Å². The lowest BCUT2D eigenvalue weighted by molar-refractivity contribution is -0.387. The monoisotopic (exact) mass is 371 g/mol. The fourth-order valence-electron chi connectivity index (χ4n) is 1.77. The molecule has 22 heavy (non-hydrogen) atoms. The van der Waals surface area contributed by atoms with Crippen LogP contribution in [0.1, 0.15) is 13.8 Å². The molecule has 0 aliphatic heterocycles. The van der Waals surface area contributed by atoms with Crippen molar-refractivity contribution in [3.63, 3.8) is 0 Å². The van der Waals surface area contributed by atoms with E-state index in [0.717, 1.165) is 16.4 Å². The maximum Gasteiger partial charge on any atom is 0.289 e. The number of nitro groups is 1. The van der Waals surface area contributed by atoms with Crippen LogP contribution in [0.5, 0.6) is 0 Å². The highest BCUT2D eigenvalue weighted by atomic mass is 35.5. The number of nitrogens with two attached hydrogens (primary N) is 1. The van der Waals surface area contributed by atoms with E-state index >= 15 is 0 Å². The van der Waals surface area contributed by atoms with E-state index in [1.54, 1.807) is 0 Å². The van der Waals surface area contributed by atoms with E-state index in [-0.39, 0.29) is 30.5 Å². The summed E-state index contributed by atoms with van der Waals surface area (Å²) < 4.78 is 26.1. The Morgan fingerprint density at radius 1 is 1.41 bits per heavy atom. The molecule has 0 bridgehead atoms. The van der Waals surface area contributed by atoms with Gasteiger partial charge in [-0.2, -0.15) is 0 Å². The Hall–Kier alpha value is -0.930. The van der Waals surface area contributed by atoms with Gasteiger partial charge < -0.3 is 5.73 Å². The van der Waals surface area contributed by atoms with Gasteiger partial charge in [0.05, 0.1) is 4.92 Å². The molecule has 0 aliphatic carbocycles. The molecule has 0 spiro atoms. The Labute approximate surface area is 141 Å². The van der Waals surface area contributed by atoms with E-state index in [0.29, 0.717) is 0 Å². The third-order valence-electron chi connectivity index (χ3n) is 3.01. The van der Waals surface area contributed by atoms with Crippen molar-refractivity contribution in [1.82, 2.24) is 4.31 Å². The van der Waals surface area contributed by atoms with Crippen molar-refractivity contribution >= 4 is 39.7 Å². The first-order valence-electron chi connectivity index (χ1n) is 6.11. The van der Waals surface area contributed by atoms with Crippen molar-refractivity contribution in [2.45, 2.75) is 18.7 Å². The average Bonchev–Trinajstić information content (AvgIpc) is 2.37. The van der Waals surface area contributed by atoms with Crippen LogP contribution in [0.3, 0.4) is 0 Å². The summed E-state index contributed by atoms with van der Waals surface area (Å²) in [6.45, 7) is 4.04.